The number of rotatable bonds is 4. The average molecular weight is 266 g/mol. The molecule has 0 radical (unpaired) electrons. The first kappa shape index (κ1) is 14.0. The van der Waals surface area contributed by atoms with Gasteiger partial charge in [0, 0.05) is 12.1 Å². The fraction of sp³-hybridized carbons (Fsp3) is 0.312. The van der Waals surface area contributed by atoms with Crippen molar-refractivity contribution in [3.05, 3.63) is 41.0 Å². The Bertz CT molecular complexity index is 639. The molecule has 0 aliphatic rings. The Hall–Kier alpha value is -2.41. The predicted octanol–water partition coefficient (Wildman–Crippen LogP) is 3.39. The first-order chi connectivity index (χ1) is 9.63. The Morgan fingerprint density at radius 3 is 2.50 bits per heavy atom. The van der Waals surface area contributed by atoms with Gasteiger partial charge in [0.25, 0.3) is 0 Å². The Balaban J connectivity index is 2.22. The quantitative estimate of drug-likeness (QED) is 0.862. The Kier molecular flexibility index (Phi) is 4.31. The molecule has 0 aliphatic heterocycles. The molecule has 0 aliphatic carbocycles. The molecule has 0 spiro atoms. The minimum absolute atomic E-state index is 0.458. The molecule has 0 atom stereocenters. The van der Waals surface area contributed by atoms with Crippen molar-refractivity contribution >= 4 is 5.82 Å². The summed E-state index contributed by atoms with van der Waals surface area (Å²) in [5.41, 5.74) is 5.81. The van der Waals surface area contributed by atoms with Crippen LogP contribution in [-0.2, 0) is 0 Å². The molecule has 0 amide bonds. The molecule has 0 bridgehead atoms. The van der Waals surface area contributed by atoms with E-state index < -0.39 is 0 Å². The summed E-state index contributed by atoms with van der Waals surface area (Å²) >= 11 is 0. The zero-order valence-electron chi connectivity index (χ0n) is 12.1. The molecule has 0 fully saturated rings. The maximum Gasteiger partial charge on any atom is 0.148 e. The molecule has 1 aromatic carbocycles. The van der Waals surface area contributed by atoms with Crippen molar-refractivity contribution in [2.75, 3.05) is 11.9 Å². The lowest BCUT2D eigenvalue weighted by atomic mass is 9.97. The second-order valence-corrected chi connectivity index (χ2v) is 4.82. The van der Waals surface area contributed by atoms with E-state index in [1.807, 2.05) is 12.1 Å². The normalized spacial score (nSPS) is 10.1. The van der Waals surface area contributed by atoms with E-state index in [-0.39, 0.29) is 0 Å². The molecule has 0 saturated carbocycles. The van der Waals surface area contributed by atoms with Crippen LogP contribution in [0.3, 0.4) is 0 Å². The Labute approximate surface area is 119 Å². The smallest absolute Gasteiger partial charge is 0.148 e. The molecule has 1 aromatic heterocycles. The van der Waals surface area contributed by atoms with E-state index >= 15 is 0 Å². The fourth-order valence-corrected chi connectivity index (χ4v) is 2.05. The molecule has 0 saturated heterocycles. The minimum atomic E-state index is 0.458. The summed E-state index contributed by atoms with van der Waals surface area (Å²) in [6, 6.07) is 10.1. The van der Waals surface area contributed by atoms with Gasteiger partial charge in [-0.05, 0) is 49.6 Å². The second-order valence-electron chi connectivity index (χ2n) is 4.82. The van der Waals surface area contributed by atoms with Crippen molar-refractivity contribution in [1.82, 2.24) is 10.2 Å². The lowest BCUT2D eigenvalue weighted by Gasteiger charge is -2.10. The van der Waals surface area contributed by atoms with E-state index in [0.717, 1.165) is 11.3 Å². The molecule has 1 heterocycles. The monoisotopic (exact) mass is 266 g/mol. The van der Waals surface area contributed by atoms with Crippen LogP contribution in [0.25, 0.3) is 11.3 Å². The highest BCUT2D eigenvalue weighted by molar-refractivity contribution is 5.66. The zero-order chi connectivity index (χ0) is 14.5. The maximum absolute atomic E-state index is 8.49. The van der Waals surface area contributed by atoms with Crippen molar-refractivity contribution < 1.29 is 0 Å². The first-order valence-electron chi connectivity index (χ1n) is 6.65. The topological polar surface area (TPSA) is 61.6 Å². The standard InChI is InChI=1S/C16H18N4/c1-11-5-6-14(13(3)12(11)2)15-7-8-16(20-19-15)18-10-4-9-17/h5-8H,4,10H2,1-3H3,(H,18,20). The maximum atomic E-state index is 8.49. The van der Waals surface area contributed by atoms with Gasteiger partial charge in [-0.2, -0.15) is 5.26 Å². The number of anilines is 1. The highest BCUT2D eigenvalue weighted by atomic mass is 15.2. The fourth-order valence-electron chi connectivity index (χ4n) is 2.05. The van der Waals surface area contributed by atoms with Crippen LogP contribution in [0.4, 0.5) is 5.82 Å². The molecule has 20 heavy (non-hydrogen) atoms. The number of nitrogens with one attached hydrogen (secondary N) is 1. The molecule has 102 valence electrons. The van der Waals surface area contributed by atoms with Crippen LogP contribution < -0.4 is 5.32 Å². The summed E-state index contributed by atoms with van der Waals surface area (Å²) in [7, 11) is 0. The molecule has 4 nitrogen and oxygen atoms in total. The third-order valence-corrected chi connectivity index (χ3v) is 3.54. The molecule has 2 rings (SSSR count). The van der Waals surface area contributed by atoms with Gasteiger partial charge in [0.05, 0.1) is 18.2 Å². The summed E-state index contributed by atoms with van der Waals surface area (Å²) in [5, 5.41) is 20.0. The summed E-state index contributed by atoms with van der Waals surface area (Å²) in [6.07, 6.45) is 0.458. The van der Waals surface area contributed by atoms with Crippen LogP contribution in [0.5, 0.6) is 0 Å². The minimum Gasteiger partial charge on any atom is -0.368 e. The van der Waals surface area contributed by atoms with Crippen molar-refractivity contribution in [2.24, 2.45) is 0 Å². The number of aromatic nitrogens is 2. The molecule has 2 aromatic rings. The number of nitriles is 1. The largest absolute Gasteiger partial charge is 0.368 e. The van der Waals surface area contributed by atoms with Gasteiger partial charge in [0.1, 0.15) is 5.82 Å². The van der Waals surface area contributed by atoms with Gasteiger partial charge in [0.15, 0.2) is 0 Å². The molecule has 1 N–H and O–H groups in total. The number of hydrogen-bond donors (Lipinski definition) is 1. The third kappa shape index (κ3) is 2.94. The van der Waals surface area contributed by atoms with E-state index in [1.54, 1.807) is 0 Å². The van der Waals surface area contributed by atoms with Crippen LogP contribution in [0.15, 0.2) is 24.3 Å². The molecular formula is C16H18N4. The van der Waals surface area contributed by atoms with E-state index in [1.165, 1.54) is 16.7 Å². The predicted molar refractivity (Wildman–Crippen MR) is 80.4 cm³/mol. The van der Waals surface area contributed by atoms with Gasteiger partial charge in [-0.25, -0.2) is 0 Å². The van der Waals surface area contributed by atoms with Crippen molar-refractivity contribution in [2.45, 2.75) is 27.2 Å². The van der Waals surface area contributed by atoms with Crippen LogP contribution in [0.2, 0.25) is 0 Å². The van der Waals surface area contributed by atoms with Crippen molar-refractivity contribution in [3.8, 4) is 17.3 Å². The van der Waals surface area contributed by atoms with Crippen LogP contribution in [-0.4, -0.2) is 16.7 Å². The second kappa shape index (κ2) is 6.16. The van der Waals surface area contributed by atoms with Gasteiger partial charge >= 0.3 is 0 Å². The van der Waals surface area contributed by atoms with Gasteiger partial charge in [-0.15, -0.1) is 10.2 Å². The molecule has 0 unspecified atom stereocenters. The number of benzene rings is 1. The highest BCUT2D eigenvalue weighted by Crippen LogP contribution is 2.25. The van der Waals surface area contributed by atoms with Crippen molar-refractivity contribution in [3.63, 3.8) is 0 Å². The van der Waals surface area contributed by atoms with Crippen LogP contribution in [0.1, 0.15) is 23.1 Å². The summed E-state index contributed by atoms with van der Waals surface area (Å²) in [6.45, 7) is 6.94. The summed E-state index contributed by atoms with van der Waals surface area (Å²) < 4.78 is 0. The lowest BCUT2D eigenvalue weighted by molar-refractivity contribution is 0.991. The molecular weight excluding hydrogens is 248 g/mol. The summed E-state index contributed by atoms with van der Waals surface area (Å²) in [5.74, 6) is 0.700. The number of hydrogen-bond acceptors (Lipinski definition) is 4. The van der Waals surface area contributed by atoms with E-state index in [9.17, 15) is 0 Å². The van der Waals surface area contributed by atoms with E-state index in [0.29, 0.717) is 18.8 Å². The number of nitrogens with zero attached hydrogens (tertiary/aromatic N) is 3. The Morgan fingerprint density at radius 2 is 1.85 bits per heavy atom. The summed E-state index contributed by atoms with van der Waals surface area (Å²) in [4.78, 5) is 0. The SMILES string of the molecule is Cc1ccc(-c2ccc(NCCC#N)nn2)c(C)c1C. The van der Waals surface area contributed by atoms with Crippen LogP contribution in [0, 0.1) is 32.1 Å². The van der Waals surface area contributed by atoms with Crippen molar-refractivity contribution in [1.29, 1.82) is 5.26 Å². The average Bonchev–Trinajstić information content (AvgIpc) is 2.46. The third-order valence-electron chi connectivity index (χ3n) is 3.54. The highest BCUT2D eigenvalue weighted by Gasteiger charge is 2.07. The van der Waals surface area contributed by atoms with E-state index in [2.05, 4.69) is 54.5 Å². The van der Waals surface area contributed by atoms with Gasteiger partial charge in [-0.3, -0.25) is 0 Å². The zero-order valence-corrected chi connectivity index (χ0v) is 12.1. The Morgan fingerprint density at radius 1 is 1.05 bits per heavy atom. The number of aryl methyl sites for hydroxylation is 1. The van der Waals surface area contributed by atoms with Gasteiger partial charge < -0.3 is 5.32 Å². The first-order valence-corrected chi connectivity index (χ1v) is 6.65. The lowest BCUT2D eigenvalue weighted by Crippen LogP contribution is -2.03. The van der Waals surface area contributed by atoms with Gasteiger partial charge in [-0.1, -0.05) is 12.1 Å². The van der Waals surface area contributed by atoms with E-state index in [4.69, 9.17) is 5.26 Å². The van der Waals surface area contributed by atoms with Gasteiger partial charge in [0.2, 0.25) is 0 Å². The van der Waals surface area contributed by atoms with Crippen LogP contribution >= 0.6 is 0 Å². The molecule has 4 heteroatoms.